The van der Waals surface area contributed by atoms with Crippen molar-refractivity contribution in [3.05, 3.63) is 23.9 Å². The summed E-state index contributed by atoms with van der Waals surface area (Å²) in [5.41, 5.74) is 6.27. The largest absolute Gasteiger partial charge is 0.390 e. The molecule has 28 heavy (non-hydrogen) atoms. The van der Waals surface area contributed by atoms with E-state index in [0.717, 1.165) is 11.4 Å². The predicted octanol–water partition coefficient (Wildman–Crippen LogP) is 2.02. The fraction of sp³-hybridized carbons (Fsp3) is 0.588. The van der Waals surface area contributed by atoms with E-state index in [1.54, 1.807) is 12.3 Å². The summed E-state index contributed by atoms with van der Waals surface area (Å²) in [6.45, 7) is 1.47. The summed E-state index contributed by atoms with van der Waals surface area (Å²) in [6, 6.07) is 3.70. The minimum atomic E-state index is -4.21. The van der Waals surface area contributed by atoms with Gasteiger partial charge >= 0.3 is 6.18 Å². The molecule has 4 N–H and O–H groups in total. The Labute approximate surface area is 179 Å². The third kappa shape index (κ3) is 7.68. The first-order chi connectivity index (χ1) is 12.8. The number of guanidine groups is 1. The van der Waals surface area contributed by atoms with Crippen LogP contribution in [0.15, 0.2) is 23.3 Å². The molecule has 7 nitrogen and oxygen atoms in total. The molecule has 2 rings (SSSR count). The van der Waals surface area contributed by atoms with Crippen molar-refractivity contribution in [3.8, 4) is 0 Å². The van der Waals surface area contributed by atoms with Crippen LogP contribution in [0, 0.1) is 5.92 Å². The molecule has 1 aromatic heterocycles. The van der Waals surface area contributed by atoms with Gasteiger partial charge < -0.3 is 21.3 Å². The molecular weight excluding hydrogens is 488 g/mol. The van der Waals surface area contributed by atoms with Crippen LogP contribution in [0.4, 0.5) is 19.0 Å². The lowest BCUT2D eigenvalue weighted by Gasteiger charge is -2.32. The van der Waals surface area contributed by atoms with E-state index < -0.39 is 12.6 Å². The van der Waals surface area contributed by atoms with Gasteiger partial charge in [0.05, 0.1) is 6.42 Å². The van der Waals surface area contributed by atoms with Gasteiger partial charge in [-0.2, -0.15) is 13.2 Å². The van der Waals surface area contributed by atoms with E-state index in [-0.39, 0.29) is 42.3 Å². The number of hydrogen-bond donors (Lipinski definition) is 3. The molecule has 1 fully saturated rings. The molecule has 0 bridgehead atoms. The zero-order valence-corrected chi connectivity index (χ0v) is 18.0. The Balaban J connectivity index is 0.00000392. The number of pyridine rings is 1. The standard InChI is InChI=1S/C17H25F3N6O.HI/c1-22-16(24-8-6-17(18,19)20)25-11-13-3-2-7-23-15(13)26-9-4-12(5-10-26)14(21)27;/h2-3,7,12H,4-6,8-11H2,1H3,(H2,21,27)(H2,22,24,25);1H. The average Bonchev–Trinajstić information content (AvgIpc) is 2.64. The van der Waals surface area contributed by atoms with Crippen LogP contribution in [0.1, 0.15) is 24.8 Å². The predicted molar refractivity (Wildman–Crippen MR) is 113 cm³/mol. The SMILES string of the molecule is CN=C(NCCC(F)(F)F)NCc1cccnc1N1CCC(C(N)=O)CC1.I. The molecule has 0 unspecified atom stereocenters. The molecule has 2 heterocycles. The van der Waals surface area contributed by atoms with Crippen molar-refractivity contribution >= 4 is 41.7 Å². The lowest BCUT2D eigenvalue weighted by Crippen LogP contribution is -2.40. The summed E-state index contributed by atoms with van der Waals surface area (Å²) in [6.07, 6.45) is -2.09. The van der Waals surface area contributed by atoms with Gasteiger partial charge in [-0.15, -0.1) is 24.0 Å². The van der Waals surface area contributed by atoms with E-state index in [9.17, 15) is 18.0 Å². The smallest absolute Gasteiger partial charge is 0.369 e. The Kier molecular flexibility index (Phi) is 9.76. The fourth-order valence-corrected chi connectivity index (χ4v) is 2.95. The van der Waals surface area contributed by atoms with Crippen molar-refractivity contribution in [2.45, 2.75) is 32.0 Å². The maximum Gasteiger partial charge on any atom is 0.390 e. The molecule has 1 aromatic rings. The van der Waals surface area contributed by atoms with Crippen LogP contribution in [0.25, 0.3) is 0 Å². The Morgan fingerprint density at radius 1 is 1.36 bits per heavy atom. The minimum Gasteiger partial charge on any atom is -0.369 e. The van der Waals surface area contributed by atoms with Gasteiger partial charge in [0.25, 0.3) is 0 Å². The van der Waals surface area contributed by atoms with E-state index in [1.807, 2.05) is 6.07 Å². The highest BCUT2D eigenvalue weighted by atomic mass is 127. The van der Waals surface area contributed by atoms with Gasteiger partial charge in [-0.05, 0) is 18.9 Å². The monoisotopic (exact) mass is 514 g/mol. The minimum absolute atomic E-state index is 0. The number of nitrogens with zero attached hydrogens (tertiary/aromatic N) is 3. The van der Waals surface area contributed by atoms with Gasteiger partial charge in [-0.25, -0.2) is 4.98 Å². The number of piperidine rings is 1. The maximum absolute atomic E-state index is 12.3. The van der Waals surface area contributed by atoms with Crippen LogP contribution in [0.2, 0.25) is 0 Å². The molecular formula is C17H26F3IN6O. The van der Waals surface area contributed by atoms with E-state index >= 15 is 0 Å². The number of nitrogens with two attached hydrogens (primary N) is 1. The number of aliphatic imine (C=N–C) groups is 1. The molecule has 0 saturated carbocycles. The number of carbonyl (C=O) groups excluding carboxylic acids is 1. The summed E-state index contributed by atoms with van der Waals surface area (Å²) >= 11 is 0. The van der Waals surface area contributed by atoms with Crippen molar-refractivity contribution < 1.29 is 18.0 Å². The van der Waals surface area contributed by atoms with Gasteiger partial charge in [-0.3, -0.25) is 9.79 Å². The lowest BCUT2D eigenvalue weighted by atomic mass is 9.96. The molecule has 0 spiro atoms. The third-order valence-electron chi connectivity index (χ3n) is 4.44. The van der Waals surface area contributed by atoms with Crippen LogP contribution in [0.5, 0.6) is 0 Å². The van der Waals surface area contributed by atoms with Crippen molar-refractivity contribution in [2.24, 2.45) is 16.6 Å². The summed E-state index contributed by atoms with van der Waals surface area (Å²) in [5, 5.41) is 5.66. The fourth-order valence-electron chi connectivity index (χ4n) is 2.95. The second kappa shape index (κ2) is 11.3. The molecule has 0 radical (unpaired) electrons. The molecule has 0 aliphatic carbocycles. The highest BCUT2D eigenvalue weighted by Crippen LogP contribution is 2.24. The summed E-state index contributed by atoms with van der Waals surface area (Å²) < 4.78 is 36.8. The van der Waals surface area contributed by atoms with E-state index in [4.69, 9.17) is 5.73 Å². The number of aromatic nitrogens is 1. The molecule has 1 saturated heterocycles. The normalized spacial score (nSPS) is 15.7. The number of alkyl halides is 3. The molecule has 158 valence electrons. The molecule has 0 atom stereocenters. The van der Waals surface area contributed by atoms with Crippen LogP contribution < -0.4 is 21.3 Å². The van der Waals surface area contributed by atoms with Crippen LogP contribution >= 0.6 is 24.0 Å². The molecule has 1 amide bonds. The molecule has 11 heteroatoms. The van der Waals surface area contributed by atoms with Crippen LogP contribution in [-0.4, -0.2) is 49.7 Å². The van der Waals surface area contributed by atoms with E-state index in [2.05, 4.69) is 25.5 Å². The highest BCUT2D eigenvalue weighted by Gasteiger charge is 2.27. The molecule has 1 aliphatic heterocycles. The van der Waals surface area contributed by atoms with Gasteiger partial charge in [0, 0.05) is 50.9 Å². The van der Waals surface area contributed by atoms with E-state index in [1.165, 1.54) is 7.05 Å². The second-order valence-corrected chi connectivity index (χ2v) is 6.37. The summed E-state index contributed by atoms with van der Waals surface area (Å²) in [7, 11) is 1.50. The van der Waals surface area contributed by atoms with Crippen molar-refractivity contribution in [2.75, 3.05) is 31.6 Å². The number of hydrogen-bond acceptors (Lipinski definition) is 4. The van der Waals surface area contributed by atoms with Gasteiger partial charge in [0.15, 0.2) is 5.96 Å². The molecule has 1 aliphatic rings. The van der Waals surface area contributed by atoms with Crippen LogP contribution in [0.3, 0.4) is 0 Å². The van der Waals surface area contributed by atoms with Crippen molar-refractivity contribution in [3.63, 3.8) is 0 Å². The van der Waals surface area contributed by atoms with Crippen LogP contribution in [-0.2, 0) is 11.3 Å². The number of carbonyl (C=O) groups is 1. The highest BCUT2D eigenvalue weighted by molar-refractivity contribution is 14.0. The Morgan fingerprint density at radius 3 is 2.61 bits per heavy atom. The number of rotatable bonds is 6. The lowest BCUT2D eigenvalue weighted by molar-refractivity contribution is -0.132. The number of halogens is 4. The Bertz CT molecular complexity index is 663. The quantitative estimate of drug-likeness (QED) is 0.307. The number of amides is 1. The first-order valence-corrected chi connectivity index (χ1v) is 8.79. The Morgan fingerprint density at radius 2 is 2.04 bits per heavy atom. The second-order valence-electron chi connectivity index (χ2n) is 6.37. The zero-order valence-electron chi connectivity index (χ0n) is 15.6. The first kappa shape index (κ1) is 24.2. The Hall–Kier alpha value is -1.79. The summed E-state index contributed by atoms with van der Waals surface area (Å²) in [4.78, 5) is 21.8. The number of nitrogens with one attached hydrogen (secondary N) is 2. The summed E-state index contributed by atoms with van der Waals surface area (Å²) in [5.74, 6) is 0.703. The third-order valence-corrected chi connectivity index (χ3v) is 4.44. The first-order valence-electron chi connectivity index (χ1n) is 8.79. The molecule has 0 aromatic carbocycles. The number of anilines is 1. The average molecular weight is 514 g/mol. The van der Waals surface area contributed by atoms with Crippen molar-refractivity contribution in [1.82, 2.24) is 15.6 Å². The maximum atomic E-state index is 12.3. The van der Waals surface area contributed by atoms with Gasteiger partial charge in [0.1, 0.15) is 5.82 Å². The van der Waals surface area contributed by atoms with Gasteiger partial charge in [-0.1, -0.05) is 6.07 Å². The van der Waals surface area contributed by atoms with Gasteiger partial charge in [0.2, 0.25) is 5.91 Å². The zero-order chi connectivity index (χ0) is 19.9. The van der Waals surface area contributed by atoms with E-state index in [0.29, 0.717) is 38.4 Å². The van der Waals surface area contributed by atoms with Crippen molar-refractivity contribution in [1.29, 1.82) is 0 Å². The number of primary amides is 1. The topological polar surface area (TPSA) is 95.6 Å².